The summed E-state index contributed by atoms with van der Waals surface area (Å²) in [6.45, 7) is 3.71. The van der Waals surface area contributed by atoms with E-state index in [1.54, 1.807) is 6.08 Å². The fourth-order valence-corrected chi connectivity index (χ4v) is 3.14. The molecule has 2 rings (SSSR count). The molecule has 1 aromatic carbocycles. The first kappa shape index (κ1) is 9.81. The van der Waals surface area contributed by atoms with E-state index in [-0.39, 0.29) is 0 Å². The molecule has 0 fully saturated rings. The van der Waals surface area contributed by atoms with Crippen LogP contribution in [0.3, 0.4) is 0 Å². The molecule has 2 heteroatoms. The molecule has 1 aromatic rings. The monoisotopic (exact) mass is 206 g/mol. The summed E-state index contributed by atoms with van der Waals surface area (Å²) in [6.07, 6.45) is 3.26. The number of aliphatic hydroxyl groups is 1. The second-order valence-electron chi connectivity index (χ2n) is 3.62. The van der Waals surface area contributed by atoms with Gasteiger partial charge in [0.15, 0.2) is 0 Å². The Morgan fingerprint density at radius 1 is 1.50 bits per heavy atom. The first-order chi connectivity index (χ1) is 6.76. The van der Waals surface area contributed by atoms with Gasteiger partial charge >= 0.3 is 0 Å². The lowest BCUT2D eigenvalue weighted by Gasteiger charge is -2.33. The SMILES string of the molecule is C=CCC1(O)CCSc2ccccc21. The van der Waals surface area contributed by atoms with Crippen molar-refractivity contribution in [3.8, 4) is 0 Å². The van der Waals surface area contributed by atoms with Crippen LogP contribution in [-0.4, -0.2) is 10.9 Å². The zero-order chi connectivity index (χ0) is 10.0. The Morgan fingerprint density at radius 2 is 2.29 bits per heavy atom. The lowest BCUT2D eigenvalue weighted by molar-refractivity contribution is 0.0324. The molecule has 0 saturated carbocycles. The fourth-order valence-electron chi connectivity index (χ4n) is 1.89. The number of thioether (sulfide) groups is 1. The van der Waals surface area contributed by atoms with Gasteiger partial charge < -0.3 is 5.11 Å². The minimum Gasteiger partial charge on any atom is -0.385 e. The van der Waals surface area contributed by atoms with Crippen molar-refractivity contribution < 1.29 is 5.11 Å². The molecule has 0 aliphatic carbocycles. The zero-order valence-corrected chi connectivity index (χ0v) is 8.89. The van der Waals surface area contributed by atoms with E-state index in [2.05, 4.69) is 12.6 Å². The second-order valence-corrected chi connectivity index (χ2v) is 4.76. The van der Waals surface area contributed by atoms with Crippen molar-refractivity contribution in [2.75, 3.05) is 5.75 Å². The van der Waals surface area contributed by atoms with Gasteiger partial charge in [0.25, 0.3) is 0 Å². The molecule has 0 aromatic heterocycles. The summed E-state index contributed by atoms with van der Waals surface area (Å²) in [5, 5.41) is 10.4. The molecule has 14 heavy (non-hydrogen) atoms. The predicted octanol–water partition coefficient (Wildman–Crippen LogP) is 2.95. The minimum absolute atomic E-state index is 0.643. The topological polar surface area (TPSA) is 20.2 Å². The van der Waals surface area contributed by atoms with Gasteiger partial charge in [0.1, 0.15) is 0 Å². The fraction of sp³-hybridized carbons (Fsp3) is 0.333. The van der Waals surface area contributed by atoms with Gasteiger partial charge in [0, 0.05) is 10.6 Å². The predicted molar refractivity (Wildman–Crippen MR) is 60.5 cm³/mol. The molecule has 1 aliphatic rings. The third kappa shape index (κ3) is 1.60. The molecular weight excluding hydrogens is 192 g/mol. The van der Waals surface area contributed by atoms with Crippen LogP contribution in [0.2, 0.25) is 0 Å². The summed E-state index contributed by atoms with van der Waals surface area (Å²) in [5.41, 5.74) is 0.389. The van der Waals surface area contributed by atoms with Crippen molar-refractivity contribution in [2.24, 2.45) is 0 Å². The largest absolute Gasteiger partial charge is 0.385 e. The molecule has 1 unspecified atom stereocenters. The van der Waals surface area contributed by atoms with Crippen LogP contribution in [-0.2, 0) is 5.60 Å². The molecule has 0 bridgehead atoms. The number of fused-ring (bicyclic) bond motifs is 1. The molecule has 0 amide bonds. The van der Waals surface area contributed by atoms with Gasteiger partial charge in [-0.3, -0.25) is 0 Å². The summed E-state index contributed by atoms with van der Waals surface area (Å²) < 4.78 is 0. The Balaban J connectivity index is 2.44. The van der Waals surface area contributed by atoms with Crippen LogP contribution < -0.4 is 0 Å². The number of rotatable bonds is 2. The molecule has 1 nitrogen and oxygen atoms in total. The highest BCUT2D eigenvalue weighted by atomic mass is 32.2. The van der Waals surface area contributed by atoms with Crippen LogP contribution in [0.4, 0.5) is 0 Å². The lowest BCUT2D eigenvalue weighted by atomic mass is 9.87. The Morgan fingerprint density at radius 3 is 3.07 bits per heavy atom. The minimum atomic E-state index is -0.677. The standard InChI is InChI=1S/C12H14OS/c1-2-7-12(13)8-9-14-11-6-4-3-5-10(11)12/h2-6,13H,1,7-9H2. The first-order valence-corrected chi connectivity index (χ1v) is 5.80. The average Bonchev–Trinajstić information content (AvgIpc) is 2.19. The summed E-state index contributed by atoms with van der Waals surface area (Å²) in [5.74, 6) is 0.987. The zero-order valence-electron chi connectivity index (χ0n) is 8.07. The summed E-state index contributed by atoms with van der Waals surface area (Å²) in [6, 6.07) is 8.10. The third-order valence-corrected chi connectivity index (χ3v) is 3.72. The summed E-state index contributed by atoms with van der Waals surface area (Å²) in [7, 11) is 0. The van der Waals surface area contributed by atoms with E-state index in [0.717, 1.165) is 17.7 Å². The van der Waals surface area contributed by atoms with Gasteiger partial charge in [0.05, 0.1) is 5.60 Å². The Bertz CT molecular complexity index is 348. The van der Waals surface area contributed by atoms with E-state index >= 15 is 0 Å². The first-order valence-electron chi connectivity index (χ1n) is 4.82. The summed E-state index contributed by atoms with van der Waals surface area (Å²) >= 11 is 1.82. The van der Waals surface area contributed by atoms with Gasteiger partial charge in [-0.25, -0.2) is 0 Å². The molecular formula is C12H14OS. The maximum absolute atomic E-state index is 10.4. The maximum Gasteiger partial charge on any atom is 0.0949 e. The highest BCUT2D eigenvalue weighted by Gasteiger charge is 2.32. The van der Waals surface area contributed by atoms with E-state index in [9.17, 15) is 5.11 Å². The van der Waals surface area contributed by atoms with Crippen molar-refractivity contribution in [3.63, 3.8) is 0 Å². The van der Waals surface area contributed by atoms with Crippen molar-refractivity contribution in [1.82, 2.24) is 0 Å². The van der Waals surface area contributed by atoms with E-state index in [1.165, 1.54) is 4.90 Å². The smallest absolute Gasteiger partial charge is 0.0949 e. The van der Waals surface area contributed by atoms with Crippen molar-refractivity contribution in [2.45, 2.75) is 23.3 Å². The Kier molecular flexibility index (Phi) is 2.66. The van der Waals surface area contributed by atoms with Gasteiger partial charge in [-0.1, -0.05) is 24.3 Å². The van der Waals surface area contributed by atoms with E-state index in [1.807, 2.05) is 30.0 Å². The molecule has 74 valence electrons. The quantitative estimate of drug-likeness (QED) is 0.751. The maximum atomic E-state index is 10.4. The second kappa shape index (κ2) is 3.79. The number of hydrogen-bond donors (Lipinski definition) is 1. The van der Waals surface area contributed by atoms with Gasteiger partial charge in [-0.15, -0.1) is 18.3 Å². The number of benzene rings is 1. The molecule has 1 heterocycles. The van der Waals surface area contributed by atoms with E-state index < -0.39 is 5.60 Å². The van der Waals surface area contributed by atoms with Crippen molar-refractivity contribution in [1.29, 1.82) is 0 Å². The van der Waals surface area contributed by atoms with Crippen LogP contribution in [0.1, 0.15) is 18.4 Å². The van der Waals surface area contributed by atoms with Gasteiger partial charge in [-0.05, 0) is 24.5 Å². The highest BCUT2D eigenvalue weighted by Crippen LogP contribution is 2.41. The van der Waals surface area contributed by atoms with Crippen LogP contribution in [0.25, 0.3) is 0 Å². The molecule has 1 aliphatic heterocycles. The Hall–Kier alpha value is -0.730. The van der Waals surface area contributed by atoms with Crippen molar-refractivity contribution >= 4 is 11.8 Å². The van der Waals surface area contributed by atoms with E-state index in [4.69, 9.17) is 0 Å². The van der Waals surface area contributed by atoms with Crippen LogP contribution in [0.15, 0.2) is 41.8 Å². The highest BCUT2D eigenvalue weighted by molar-refractivity contribution is 7.99. The van der Waals surface area contributed by atoms with Crippen molar-refractivity contribution in [3.05, 3.63) is 42.5 Å². The Labute approximate surface area is 88.8 Å². The van der Waals surface area contributed by atoms with E-state index in [0.29, 0.717) is 6.42 Å². The molecule has 0 saturated heterocycles. The average molecular weight is 206 g/mol. The molecule has 1 atom stereocenters. The van der Waals surface area contributed by atoms with Crippen LogP contribution in [0, 0.1) is 0 Å². The normalized spacial score (nSPS) is 25.5. The lowest BCUT2D eigenvalue weighted by Crippen LogP contribution is -2.29. The van der Waals surface area contributed by atoms with Gasteiger partial charge in [-0.2, -0.15) is 0 Å². The van der Waals surface area contributed by atoms with Crippen LogP contribution in [0.5, 0.6) is 0 Å². The molecule has 1 N–H and O–H groups in total. The summed E-state index contributed by atoms with van der Waals surface area (Å²) in [4.78, 5) is 1.21. The molecule has 0 radical (unpaired) electrons. The van der Waals surface area contributed by atoms with Gasteiger partial charge in [0.2, 0.25) is 0 Å². The third-order valence-electron chi connectivity index (χ3n) is 2.64. The molecule has 0 spiro atoms. The van der Waals surface area contributed by atoms with Crippen LogP contribution >= 0.6 is 11.8 Å². The number of hydrogen-bond acceptors (Lipinski definition) is 2.